The summed E-state index contributed by atoms with van der Waals surface area (Å²) in [5, 5.41) is 6.62. The minimum absolute atomic E-state index is 0.0871. The van der Waals surface area contributed by atoms with Gasteiger partial charge in [0, 0.05) is 17.4 Å². The number of halogens is 1. The molecule has 5 nitrogen and oxygen atoms in total. The lowest BCUT2D eigenvalue weighted by Gasteiger charge is -2.39. The zero-order chi connectivity index (χ0) is 23.3. The number of hydrogen-bond acceptors (Lipinski definition) is 6. The number of nitrogens with one attached hydrogen (secondary N) is 1. The van der Waals surface area contributed by atoms with Crippen LogP contribution in [-0.4, -0.2) is 28.5 Å². The van der Waals surface area contributed by atoms with Crippen molar-refractivity contribution in [2.45, 2.75) is 35.4 Å². The number of carbonyl (C=O) groups excluding carboxylic acids is 2. The Morgan fingerprint density at radius 3 is 2.79 bits per heavy atom. The van der Waals surface area contributed by atoms with Crippen molar-refractivity contribution >= 4 is 46.4 Å². The van der Waals surface area contributed by atoms with E-state index in [9.17, 15) is 9.59 Å². The molecule has 0 radical (unpaired) electrons. The molecule has 8 heteroatoms. The fraction of sp³-hybridized carbons (Fsp3) is 0.240. The average Bonchev–Trinajstić information content (AvgIpc) is 3.36. The monoisotopic (exact) mass is 498 g/mol. The van der Waals surface area contributed by atoms with Gasteiger partial charge >= 0.3 is 0 Å². The number of rotatable bonds is 8. The molecule has 0 spiro atoms. The first-order valence-electron chi connectivity index (χ1n) is 10.6. The van der Waals surface area contributed by atoms with Gasteiger partial charge in [0.2, 0.25) is 11.8 Å². The topological polar surface area (TPSA) is 68.3 Å². The van der Waals surface area contributed by atoms with Crippen LogP contribution in [0.2, 0.25) is 5.02 Å². The highest BCUT2D eigenvalue weighted by atomic mass is 35.5. The molecule has 33 heavy (non-hydrogen) atoms. The van der Waals surface area contributed by atoms with E-state index in [0.29, 0.717) is 28.1 Å². The van der Waals surface area contributed by atoms with E-state index in [4.69, 9.17) is 16.3 Å². The molecule has 2 unspecified atom stereocenters. The Kier molecular flexibility index (Phi) is 7.53. The van der Waals surface area contributed by atoms with Crippen LogP contribution in [0.1, 0.15) is 31.0 Å². The zero-order valence-corrected chi connectivity index (χ0v) is 20.4. The Labute approximate surface area is 206 Å². The van der Waals surface area contributed by atoms with Crippen LogP contribution >= 0.6 is 34.7 Å². The van der Waals surface area contributed by atoms with Crippen LogP contribution in [0, 0.1) is 0 Å². The number of ether oxygens (including phenoxy) is 1. The molecule has 3 aromatic rings. The third kappa shape index (κ3) is 5.16. The number of thiophene rings is 1. The second kappa shape index (κ2) is 10.5. The van der Waals surface area contributed by atoms with Crippen LogP contribution < -0.4 is 10.1 Å². The molecule has 1 aliphatic rings. The van der Waals surface area contributed by atoms with Gasteiger partial charge in [-0.05, 0) is 47.0 Å². The van der Waals surface area contributed by atoms with Gasteiger partial charge in [-0.25, -0.2) is 4.98 Å². The standard InChI is InChI=1S/C25H23ClN2O3S2/c1-2-3-6-13-31-22-11-7-10-21(27-22)25(17-12-14-32-16-17)15-19(29)23(24(30)28-25)33-20-9-5-4-8-18(20)26/h3-12,14,16,23H,2,13,15H2,1H3,(H,28,30)/b6-3+. The van der Waals surface area contributed by atoms with Crippen molar-refractivity contribution in [3.8, 4) is 5.88 Å². The normalized spacial score (nSPS) is 20.7. The first-order valence-corrected chi connectivity index (χ1v) is 12.8. The van der Waals surface area contributed by atoms with Crippen molar-refractivity contribution in [1.29, 1.82) is 0 Å². The van der Waals surface area contributed by atoms with Crippen LogP contribution in [0.3, 0.4) is 0 Å². The van der Waals surface area contributed by atoms with E-state index in [2.05, 4.69) is 17.2 Å². The highest BCUT2D eigenvalue weighted by molar-refractivity contribution is 8.01. The number of nitrogens with zero attached hydrogens (tertiary/aromatic N) is 1. The number of allylic oxidation sites excluding steroid dienone is 1. The number of Topliss-reactive ketones (excluding diaryl/α,β-unsaturated/α-hetero) is 1. The Morgan fingerprint density at radius 1 is 1.21 bits per heavy atom. The summed E-state index contributed by atoms with van der Waals surface area (Å²) in [4.78, 5) is 32.0. The lowest BCUT2D eigenvalue weighted by molar-refractivity contribution is -0.133. The van der Waals surface area contributed by atoms with Crippen LogP contribution in [-0.2, 0) is 15.1 Å². The highest BCUT2D eigenvalue weighted by Gasteiger charge is 2.48. The predicted octanol–water partition coefficient (Wildman–Crippen LogP) is 5.64. The van der Waals surface area contributed by atoms with Gasteiger partial charge in [-0.2, -0.15) is 11.3 Å². The van der Waals surface area contributed by atoms with E-state index in [1.807, 2.05) is 59.3 Å². The maximum absolute atomic E-state index is 13.3. The lowest BCUT2D eigenvalue weighted by atomic mass is 9.79. The molecule has 1 aliphatic heterocycles. The highest BCUT2D eigenvalue weighted by Crippen LogP contribution is 2.41. The summed E-state index contributed by atoms with van der Waals surface area (Å²) in [7, 11) is 0. The number of ketones is 1. The molecule has 1 aromatic carbocycles. The quantitative estimate of drug-likeness (QED) is 0.322. The summed E-state index contributed by atoms with van der Waals surface area (Å²) in [6.45, 7) is 2.46. The van der Waals surface area contributed by atoms with Gasteiger partial charge in [0.1, 0.15) is 17.4 Å². The van der Waals surface area contributed by atoms with E-state index in [1.54, 1.807) is 12.1 Å². The van der Waals surface area contributed by atoms with Crippen molar-refractivity contribution in [1.82, 2.24) is 10.3 Å². The van der Waals surface area contributed by atoms with Gasteiger partial charge in [0.05, 0.1) is 10.7 Å². The molecule has 0 aliphatic carbocycles. The van der Waals surface area contributed by atoms with Gasteiger partial charge in [0.15, 0.2) is 5.78 Å². The Hall–Kier alpha value is -2.61. The zero-order valence-electron chi connectivity index (χ0n) is 18.0. The van der Waals surface area contributed by atoms with Crippen molar-refractivity contribution in [2.75, 3.05) is 6.61 Å². The second-order valence-corrected chi connectivity index (χ2v) is 9.86. The van der Waals surface area contributed by atoms with E-state index >= 15 is 0 Å². The van der Waals surface area contributed by atoms with Crippen LogP contribution in [0.25, 0.3) is 0 Å². The summed E-state index contributed by atoms with van der Waals surface area (Å²) in [6.07, 6.45) is 4.97. The number of aromatic nitrogens is 1. The minimum atomic E-state index is -1.05. The maximum Gasteiger partial charge on any atom is 0.242 e. The van der Waals surface area contributed by atoms with Crippen molar-refractivity contribution in [3.63, 3.8) is 0 Å². The van der Waals surface area contributed by atoms with E-state index in [-0.39, 0.29) is 18.1 Å². The number of amides is 1. The van der Waals surface area contributed by atoms with Crippen LogP contribution in [0.5, 0.6) is 5.88 Å². The predicted molar refractivity (Wildman–Crippen MR) is 133 cm³/mol. The molecule has 1 N–H and O–H groups in total. The maximum atomic E-state index is 13.3. The number of hydrogen-bond donors (Lipinski definition) is 1. The van der Waals surface area contributed by atoms with Crippen molar-refractivity contribution in [2.24, 2.45) is 0 Å². The van der Waals surface area contributed by atoms with E-state index in [0.717, 1.165) is 12.0 Å². The third-order valence-corrected chi connectivity index (χ3v) is 7.74. The number of carbonyl (C=O) groups is 2. The second-order valence-electron chi connectivity index (χ2n) is 7.53. The Bertz CT molecular complexity index is 1150. The first kappa shape index (κ1) is 23.5. The van der Waals surface area contributed by atoms with Crippen molar-refractivity contribution in [3.05, 3.63) is 87.7 Å². The average molecular weight is 499 g/mol. The Balaban J connectivity index is 1.64. The SMILES string of the molecule is CC/C=C/COc1cccc(C2(c3ccsc3)CC(=O)C(Sc3ccccc3Cl)C(=O)N2)n1. The molecular formula is C25H23ClN2O3S2. The number of benzene rings is 1. The van der Waals surface area contributed by atoms with Crippen LogP contribution in [0.15, 0.2) is 76.3 Å². The molecule has 4 rings (SSSR count). The van der Waals surface area contributed by atoms with Gasteiger partial charge in [0.25, 0.3) is 0 Å². The lowest BCUT2D eigenvalue weighted by Crippen LogP contribution is -2.58. The summed E-state index contributed by atoms with van der Waals surface area (Å²) in [5.41, 5.74) is 0.344. The molecule has 170 valence electrons. The smallest absolute Gasteiger partial charge is 0.242 e. The van der Waals surface area contributed by atoms with Gasteiger partial charge < -0.3 is 10.1 Å². The number of thioether (sulfide) groups is 1. The van der Waals surface area contributed by atoms with E-state index in [1.165, 1.54) is 23.1 Å². The molecular weight excluding hydrogens is 476 g/mol. The molecule has 1 fully saturated rings. The van der Waals surface area contributed by atoms with Gasteiger partial charge in [-0.1, -0.05) is 48.9 Å². The minimum Gasteiger partial charge on any atom is -0.473 e. The summed E-state index contributed by atoms with van der Waals surface area (Å²) in [6, 6.07) is 14.5. The largest absolute Gasteiger partial charge is 0.473 e. The molecule has 2 atom stereocenters. The third-order valence-electron chi connectivity index (χ3n) is 5.29. The van der Waals surface area contributed by atoms with Crippen molar-refractivity contribution < 1.29 is 14.3 Å². The first-order chi connectivity index (χ1) is 16.0. The molecule has 1 amide bonds. The van der Waals surface area contributed by atoms with Gasteiger partial charge in [-0.15, -0.1) is 11.8 Å². The molecule has 2 aromatic heterocycles. The molecule has 0 bridgehead atoms. The summed E-state index contributed by atoms with van der Waals surface area (Å²) < 4.78 is 5.76. The van der Waals surface area contributed by atoms with E-state index < -0.39 is 10.8 Å². The molecule has 0 saturated carbocycles. The number of piperidine rings is 1. The molecule has 1 saturated heterocycles. The molecule has 3 heterocycles. The number of pyridine rings is 1. The summed E-state index contributed by atoms with van der Waals surface area (Å²) >= 11 is 8.94. The fourth-order valence-corrected chi connectivity index (χ4v) is 5.66. The summed E-state index contributed by atoms with van der Waals surface area (Å²) in [5.74, 6) is -0.0904. The van der Waals surface area contributed by atoms with Gasteiger partial charge in [-0.3, -0.25) is 9.59 Å². The van der Waals surface area contributed by atoms with Crippen LogP contribution in [0.4, 0.5) is 0 Å². The Morgan fingerprint density at radius 2 is 2.06 bits per heavy atom. The fourth-order valence-electron chi connectivity index (χ4n) is 3.69.